The molecule has 198 valence electrons. The number of hydrogen-bond donors (Lipinski definition) is 0. The summed E-state index contributed by atoms with van der Waals surface area (Å²) in [5.41, 5.74) is 2.02. The first-order valence-corrected chi connectivity index (χ1v) is 11.6. The SMILES string of the molecule is COc1ccc(-c2oc3cc(C)cc(C)c3c(=O)c2OC(=O)c2cc(OC)c(OC)c(OC)c2)cc1OC. The van der Waals surface area contributed by atoms with Crippen LogP contribution in [-0.2, 0) is 0 Å². The van der Waals surface area contributed by atoms with Crippen LogP contribution in [0.4, 0.5) is 0 Å². The van der Waals surface area contributed by atoms with Gasteiger partial charge < -0.3 is 32.8 Å². The zero-order chi connectivity index (χ0) is 27.6. The number of aryl methyl sites for hydroxylation is 2. The number of hydrogen-bond acceptors (Lipinski definition) is 9. The number of esters is 1. The van der Waals surface area contributed by atoms with Crippen molar-refractivity contribution in [2.24, 2.45) is 0 Å². The van der Waals surface area contributed by atoms with Crippen molar-refractivity contribution in [2.75, 3.05) is 35.5 Å². The quantitative estimate of drug-likeness (QED) is 0.285. The van der Waals surface area contributed by atoms with Gasteiger partial charge in [0.2, 0.25) is 16.9 Å². The summed E-state index contributed by atoms with van der Waals surface area (Å²) < 4.78 is 38.7. The van der Waals surface area contributed by atoms with Crippen molar-refractivity contribution in [3.63, 3.8) is 0 Å². The highest BCUT2D eigenvalue weighted by Gasteiger charge is 2.25. The van der Waals surface area contributed by atoms with E-state index in [-0.39, 0.29) is 28.6 Å². The number of carbonyl (C=O) groups is 1. The summed E-state index contributed by atoms with van der Waals surface area (Å²) in [5, 5.41) is 0.313. The maximum atomic E-state index is 13.8. The second kappa shape index (κ2) is 10.8. The minimum Gasteiger partial charge on any atom is -0.493 e. The van der Waals surface area contributed by atoms with Gasteiger partial charge in [0.05, 0.1) is 46.5 Å². The molecule has 4 aromatic rings. The fourth-order valence-corrected chi connectivity index (χ4v) is 4.28. The van der Waals surface area contributed by atoms with E-state index in [1.807, 2.05) is 13.0 Å². The molecular formula is C29H28O9. The molecule has 3 aromatic carbocycles. The smallest absolute Gasteiger partial charge is 0.344 e. The van der Waals surface area contributed by atoms with E-state index < -0.39 is 11.4 Å². The average Bonchev–Trinajstić information content (AvgIpc) is 2.92. The van der Waals surface area contributed by atoms with Crippen LogP contribution in [-0.4, -0.2) is 41.5 Å². The monoisotopic (exact) mass is 520 g/mol. The van der Waals surface area contributed by atoms with Gasteiger partial charge in [-0.3, -0.25) is 4.79 Å². The van der Waals surface area contributed by atoms with Crippen molar-refractivity contribution in [1.29, 1.82) is 0 Å². The van der Waals surface area contributed by atoms with Gasteiger partial charge in [-0.2, -0.15) is 0 Å². The van der Waals surface area contributed by atoms with Crippen molar-refractivity contribution in [3.05, 3.63) is 69.4 Å². The van der Waals surface area contributed by atoms with Gasteiger partial charge in [-0.25, -0.2) is 4.79 Å². The third-order valence-electron chi connectivity index (χ3n) is 6.04. The Morgan fingerprint density at radius 1 is 0.711 bits per heavy atom. The van der Waals surface area contributed by atoms with E-state index in [2.05, 4.69) is 0 Å². The van der Waals surface area contributed by atoms with E-state index in [1.165, 1.54) is 47.7 Å². The summed E-state index contributed by atoms with van der Waals surface area (Å²) in [6, 6.07) is 11.5. The predicted octanol–water partition coefficient (Wildman–Crippen LogP) is 5.34. The van der Waals surface area contributed by atoms with Crippen molar-refractivity contribution < 1.29 is 37.6 Å². The van der Waals surface area contributed by atoms with Crippen molar-refractivity contribution >= 4 is 16.9 Å². The van der Waals surface area contributed by atoms with Crippen LogP contribution in [0.5, 0.6) is 34.5 Å². The lowest BCUT2D eigenvalue weighted by Crippen LogP contribution is -2.17. The van der Waals surface area contributed by atoms with E-state index >= 15 is 0 Å². The van der Waals surface area contributed by atoms with Gasteiger partial charge >= 0.3 is 5.97 Å². The standard InChI is InChI=1S/C29H28O9/c1-15-10-16(2)24-21(11-15)37-26(17-8-9-19(32-3)20(12-17)33-4)28(25(24)30)38-29(31)18-13-22(34-5)27(36-7)23(14-18)35-6/h8-14H,1-7H3. The molecule has 0 saturated heterocycles. The number of fused-ring (bicyclic) bond motifs is 1. The summed E-state index contributed by atoms with van der Waals surface area (Å²) in [6.45, 7) is 3.70. The first kappa shape index (κ1) is 26.4. The maximum Gasteiger partial charge on any atom is 0.344 e. The first-order chi connectivity index (χ1) is 18.3. The molecule has 0 aliphatic carbocycles. The van der Waals surface area contributed by atoms with Crippen molar-refractivity contribution in [1.82, 2.24) is 0 Å². The van der Waals surface area contributed by atoms with Crippen LogP contribution in [0, 0.1) is 13.8 Å². The summed E-state index contributed by atoms with van der Waals surface area (Å²) in [5.74, 6) is 0.713. The molecule has 9 nitrogen and oxygen atoms in total. The van der Waals surface area contributed by atoms with Crippen LogP contribution in [0.3, 0.4) is 0 Å². The fourth-order valence-electron chi connectivity index (χ4n) is 4.28. The van der Waals surface area contributed by atoms with E-state index in [4.69, 9.17) is 32.8 Å². The summed E-state index contributed by atoms with van der Waals surface area (Å²) in [4.78, 5) is 27.2. The zero-order valence-electron chi connectivity index (χ0n) is 22.2. The highest BCUT2D eigenvalue weighted by Crippen LogP contribution is 2.40. The van der Waals surface area contributed by atoms with Crippen LogP contribution in [0.1, 0.15) is 21.5 Å². The molecule has 0 atom stereocenters. The third kappa shape index (κ3) is 4.70. The molecule has 0 N–H and O–H groups in total. The molecular weight excluding hydrogens is 492 g/mol. The fraction of sp³-hybridized carbons (Fsp3) is 0.241. The summed E-state index contributed by atoms with van der Waals surface area (Å²) in [7, 11) is 7.34. The van der Waals surface area contributed by atoms with Crippen LogP contribution >= 0.6 is 0 Å². The topological polar surface area (TPSA) is 103 Å². The number of rotatable bonds is 8. The molecule has 0 radical (unpaired) electrons. The molecule has 0 aliphatic heterocycles. The highest BCUT2D eigenvalue weighted by atomic mass is 16.5. The largest absolute Gasteiger partial charge is 0.493 e. The molecule has 0 fully saturated rings. The molecule has 0 unspecified atom stereocenters. The number of carbonyl (C=O) groups excluding carboxylic acids is 1. The number of benzene rings is 3. The van der Waals surface area contributed by atoms with Gasteiger partial charge in [0, 0.05) is 5.56 Å². The van der Waals surface area contributed by atoms with E-state index in [1.54, 1.807) is 31.2 Å². The van der Waals surface area contributed by atoms with Crippen LogP contribution in [0.15, 0.2) is 51.7 Å². The minimum absolute atomic E-state index is 0.0641. The average molecular weight is 521 g/mol. The summed E-state index contributed by atoms with van der Waals surface area (Å²) >= 11 is 0. The van der Waals surface area contributed by atoms with Gasteiger partial charge in [-0.05, 0) is 61.4 Å². The maximum absolute atomic E-state index is 13.8. The highest BCUT2D eigenvalue weighted by molar-refractivity contribution is 5.94. The summed E-state index contributed by atoms with van der Waals surface area (Å²) in [6.07, 6.45) is 0. The lowest BCUT2D eigenvalue weighted by molar-refractivity contribution is 0.0730. The molecule has 0 bridgehead atoms. The van der Waals surface area contributed by atoms with Gasteiger partial charge in [0.1, 0.15) is 5.58 Å². The van der Waals surface area contributed by atoms with Crippen molar-refractivity contribution in [2.45, 2.75) is 13.8 Å². The zero-order valence-corrected chi connectivity index (χ0v) is 22.2. The Bertz CT molecular complexity index is 1560. The van der Waals surface area contributed by atoms with E-state index in [0.29, 0.717) is 39.3 Å². The van der Waals surface area contributed by atoms with Crippen LogP contribution in [0.25, 0.3) is 22.3 Å². The Morgan fingerprint density at radius 3 is 1.92 bits per heavy atom. The molecule has 1 heterocycles. The lowest BCUT2D eigenvalue weighted by Gasteiger charge is -2.15. The molecule has 38 heavy (non-hydrogen) atoms. The Kier molecular flexibility index (Phi) is 7.47. The normalized spacial score (nSPS) is 10.7. The molecule has 0 spiro atoms. The Balaban J connectivity index is 1.94. The number of methoxy groups -OCH3 is 5. The van der Waals surface area contributed by atoms with Crippen LogP contribution in [0.2, 0.25) is 0 Å². The second-order valence-electron chi connectivity index (χ2n) is 8.42. The Morgan fingerprint density at radius 2 is 1.34 bits per heavy atom. The second-order valence-corrected chi connectivity index (χ2v) is 8.42. The molecule has 9 heteroatoms. The van der Waals surface area contributed by atoms with Crippen molar-refractivity contribution in [3.8, 4) is 45.8 Å². The number of ether oxygens (including phenoxy) is 6. The van der Waals surface area contributed by atoms with Gasteiger partial charge in [0.25, 0.3) is 0 Å². The van der Waals surface area contributed by atoms with Gasteiger partial charge in [-0.1, -0.05) is 6.07 Å². The first-order valence-electron chi connectivity index (χ1n) is 11.6. The Hall–Kier alpha value is -4.66. The molecule has 0 aliphatic rings. The lowest BCUT2D eigenvalue weighted by atomic mass is 10.0. The third-order valence-corrected chi connectivity index (χ3v) is 6.04. The molecule has 0 saturated carbocycles. The minimum atomic E-state index is -0.817. The predicted molar refractivity (Wildman–Crippen MR) is 142 cm³/mol. The molecule has 4 rings (SSSR count). The van der Waals surface area contributed by atoms with E-state index in [0.717, 1.165) is 5.56 Å². The van der Waals surface area contributed by atoms with E-state index in [9.17, 15) is 9.59 Å². The molecule has 0 amide bonds. The molecule has 1 aromatic heterocycles. The van der Waals surface area contributed by atoms with Gasteiger partial charge in [-0.15, -0.1) is 0 Å². The Labute approximate surface area is 219 Å². The van der Waals surface area contributed by atoms with Gasteiger partial charge in [0.15, 0.2) is 28.8 Å². The van der Waals surface area contributed by atoms with Crippen LogP contribution < -0.4 is 33.8 Å².